The van der Waals surface area contributed by atoms with Crippen molar-refractivity contribution in [1.29, 1.82) is 0 Å². The third-order valence-corrected chi connectivity index (χ3v) is 2.98. The van der Waals surface area contributed by atoms with Crippen molar-refractivity contribution < 1.29 is 9.53 Å². The van der Waals surface area contributed by atoms with Crippen LogP contribution >= 0.6 is 12.2 Å². The number of benzene rings is 1. The van der Waals surface area contributed by atoms with Gasteiger partial charge in [-0.3, -0.25) is 9.69 Å². The smallest absolute Gasteiger partial charge is 0.234 e. The number of nitrogens with two attached hydrogens (primary N) is 1. The minimum absolute atomic E-state index is 0.0302. The molecule has 20 heavy (non-hydrogen) atoms. The van der Waals surface area contributed by atoms with Gasteiger partial charge < -0.3 is 15.8 Å². The van der Waals surface area contributed by atoms with Gasteiger partial charge in [-0.15, -0.1) is 0 Å². The lowest BCUT2D eigenvalue weighted by Crippen LogP contribution is -2.36. The molecule has 0 aromatic heterocycles. The van der Waals surface area contributed by atoms with Crippen molar-refractivity contribution in [1.82, 2.24) is 10.2 Å². The highest BCUT2D eigenvalue weighted by Gasteiger charge is 2.10. The van der Waals surface area contributed by atoms with E-state index in [1.165, 1.54) is 0 Å². The third kappa shape index (κ3) is 5.64. The summed E-state index contributed by atoms with van der Waals surface area (Å²) in [6.07, 6.45) is 0. The second-order valence-corrected chi connectivity index (χ2v) is 4.98. The summed E-state index contributed by atoms with van der Waals surface area (Å²) in [4.78, 5) is 14.0. The zero-order valence-electron chi connectivity index (χ0n) is 11.9. The van der Waals surface area contributed by atoms with E-state index in [9.17, 15) is 4.79 Å². The molecular weight excluding hydrogens is 274 g/mol. The van der Waals surface area contributed by atoms with Crippen LogP contribution in [0.1, 0.15) is 11.1 Å². The number of carbonyl (C=O) groups is 1. The predicted molar refractivity (Wildman–Crippen MR) is 83.5 cm³/mol. The van der Waals surface area contributed by atoms with E-state index < -0.39 is 0 Å². The largest absolute Gasteiger partial charge is 0.389 e. The van der Waals surface area contributed by atoms with Crippen molar-refractivity contribution in [3.05, 3.63) is 35.4 Å². The van der Waals surface area contributed by atoms with Crippen molar-refractivity contribution in [3.8, 4) is 0 Å². The molecule has 0 saturated carbocycles. The Morgan fingerprint density at radius 3 is 2.80 bits per heavy atom. The number of hydrogen-bond acceptors (Lipinski definition) is 4. The number of thiocarbonyl (C=S) groups is 1. The van der Waals surface area contributed by atoms with E-state index in [-0.39, 0.29) is 5.91 Å². The molecule has 0 atom stereocenters. The first kappa shape index (κ1) is 16.6. The number of hydrogen-bond donors (Lipinski definition) is 2. The lowest BCUT2D eigenvalue weighted by molar-refractivity contribution is -0.122. The molecule has 0 heterocycles. The highest BCUT2D eigenvalue weighted by atomic mass is 32.1. The molecule has 6 heteroatoms. The number of nitrogens with one attached hydrogen (secondary N) is 1. The summed E-state index contributed by atoms with van der Waals surface area (Å²) >= 11 is 5.03. The normalized spacial score (nSPS) is 10.6. The zero-order valence-corrected chi connectivity index (χ0v) is 12.7. The number of nitrogens with zero attached hydrogens (tertiary/aromatic N) is 1. The van der Waals surface area contributed by atoms with Gasteiger partial charge in [-0.25, -0.2) is 0 Å². The minimum Gasteiger partial charge on any atom is -0.389 e. The van der Waals surface area contributed by atoms with Crippen LogP contribution in [0, 0.1) is 0 Å². The summed E-state index contributed by atoms with van der Waals surface area (Å²) in [5, 5.41) is 2.78. The van der Waals surface area contributed by atoms with E-state index >= 15 is 0 Å². The van der Waals surface area contributed by atoms with Gasteiger partial charge in [-0.1, -0.05) is 36.5 Å². The monoisotopic (exact) mass is 295 g/mol. The van der Waals surface area contributed by atoms with Crippen LogP contribution in [0.3, 0.4) is 0 Å². The van der Waals surface area contributed by atoms with Gasteiger partial charge in [-0.2, -0.15) is 0 Å². The quantitative estimate of drug-likeness (QED) is 0.540. The summed E-state index contributed by atoms with van der Waals surface area (Å²) in [7, 11) is 3.48. The molecule has 0 spiro atoms. The Labute approximate surface area is 125 Å². The van der Waals surface area contributed by atoms with Crippen LogP contribution in [0.5, 0.6) is 0 Å². The first-order valence-corrected chi connectivity index (χ1v) is 6.77. The van der Waals surface area contributed by atoms with Gasteiger partial charge in [0.25, 0.3) is 0 Å². The number of amides is 1. The number of likely N-dealkylation sites (N-methyl/N-ethyl adjacent to an activating group) is 1. The van der Waals surface area contributed by atoms with E-state index in [2.05, 4.69) is 5.32 Å². The van der Waals surface area contributed by atoms with E-state index in [0.29, 0.717) is 31.2 Å². The standard InChI is InChI=1S/C14H21N3O2S/c1-17(10-13(18)16-7-8-19-2)9-11-5-3-4-6-12(11)14(15)20/h3-6H,7-10H2,1-2H3,(H2,15,20)(H,16,18). The molecule has 1 rings (SSSR count). The van der Waals surface area contributed by atoms with Crippen molar-refractivity contribution in [2.24, 2.45) is 5.73 Å². The van der Waals surface area contributed by atoms with Crippen LogP contribution < -0.4 is 11.1 Å². The first-order valence-electron chi connectivity index (χ1n) is 6.36. The Kier molecular flexibility index (Phi) is 7.14. The van der Waals surface area contributed by atoms with Crippen molar-refractivity contribution >= 4 is 23.1 Å². The van der Waals surface area contributed by atoms with Crippen LogP contribution in [0.25, 0.3) is 0 Å². The molecule has 1 amide bonds. The fraction of sp³-hybridized carbons (Fsp3) is 0.429. The SMILES string of the molecule is COCCNC(=O)CN(C)Cc1ccccc1C(N)=S. The predicted octanol–water partition coefficient (Wildman–Crippen LogP) is 0.515. The van der Waals surface area contributed by atoms with E-state index in [4.69, 9.17) is 22.7 Å². The topological polar surface area (TPSA) is 67.6 Å². The molecule has 110 valence electrons. The van der Waals surface area contributed by atoms with E-state index in [1.807, 2.05) is 36.2 Å². The Morgan fingerprint density at radius 1 is 1.45 bits per heavy atom. The number of rotatable bonds is 8. The number of methoxy groups -OCH3 is 1. The molecule has 0 unspecified atom stereocenters. The molecule has 0 saturated heterocycles. The highest BCUT2D eigenvalue weighted by Crippen LogP contribution is 2.10. The third-order valence-electron chi connectivity index (χ3n) is 2.76. The summed E-state index contributed by atoms with van der Waals surface area (Å²) in [6.45, 7) is 1.97. The number of ether oxygens (including phenoxy) is 1. The Bertz CT molecular complexity index is 465. The van der Waals surface area contributed by atoms with Gasteiger partial charge in [0, 0.05) is 25.8 Å². The summed E-state index contributed by atoms with van der Waals surface area (Å²) in [6, 6.07) is 7.69. The van der Waals surface area contributed by atoms with Crippen LogP contribution in [0.2, 0.25) is 0 Å². The van der Waals surface area contributed by atoms with Crippen LogP contribution in [0.4, 0.5) is 0 Å². The zero-order chi connectivity index (χ0) is 15.0. The summed E-state index contributed by atoms with van der Waals surface area (Å²) < 4.78 is 4.88. The van der Waals surface area contributed by atoms with Gasteiger partial charge in [0.2, 0.25) is 5.91 Å². The summed E-state index contributed by atoms with van der Waals surface area (Å²) in [5.74, 6) is -0.0302. The second-order valence-electron chi connectivity index (χ2n) is 4.54. The van der Waals surface area contributed by atoms with Gasteiger partial charge in [-0.05, 0) is 12.6 Å². The average Bonchev–Trinajstić information content (AvgIpc) is 2.39. The van der Waals surface area contributed by atoms with Crippen molar-refractivity contribution in [2.75, 3.05) is 33.9 Å². The number of carbonyl (C=O) groups excluding carboxylic acids is 1. The Hall–Kier alpha value is -1.50. The maximum Gasteiger partial charge on any atom is 0.234 e. The van der Waals surface area contributed by atoms with Gasteiger partial charge in [0.1, 0.15) is 4.99 Å². The average molecular weight is 295 g/mol. The molecule has 0 bridgehead atoms. The van der Waals surface area contributed by atoms with E-state index in [1.54, 1.807) is 7.11 Å². The summed E-state index contributed by atoms with van der Waals surface area (Å²) in [5.41, 5.74) is 7.57. The molecule has 3 N–H and O–H groups in total. The fourth-order valence-electron chi connectivity index (χ4n) is 1.84. The molecule has 1 aromatic carbocycles. The van der Waals surface area contributed by atoms with Crippen LogP contribution in [-0.2, 0) is 16.1 Å². The fourth-order valence-corrected chi connectivity index (χ4v) is 2.04. The molecule has 0 aliphatic rings. The maximum atomic E-state index is 11.7. The second kappa shape index (κ2) is 8.63. The molecule has 0 fully saturated rings. The van der Waals surface area contributed by atoms with Crippen LogP contribution in [0.15, 0.2) is 24.3 Å². The van der Waals surface area contributed by atoms with Crippen molar-refractivity contribution in [2.45, 2.75) is 6.54 Å². The van der Waals surface area contributed by atoms with Gasteiger partial charge in [0.15, 0.2) is 0 Å². The molecule has 1 aromatic rings. The maximum absolute atomic E-state index is 11.7. The van der Waals surface area contributed by atoms with Crippen LogP contribution in [-0.4, -0.2) is 49.6 Å². The van der Waals surface area contributed by atoms with Crippen molar-refractivity contribution in [3.63, 3.8) is 0 Å². The molecule has 0 radical (unpaired) electrons. The van der Waals surface area contributed by atoms with E-state index in [0.717, 1.165) is 11.1 Å². The lowest BCUT2D eigenvalue weighted by atomic mass is 10.1. The molecule has 5 nitrogen and oxygen atoms in total. The highest BCUT2D eigenvalue weighted by molar-refractivity contribution is 7.80. The molecule has 0 aliphatic carbocycles. The first-order chi connectivity index (χ1) is 9.54. The molecular formula is C14H21N3O2S. The Balaban J connectivity index is 2.52. The molecule has 0 aliphatic heterocycles. The Morgan fingerprint density at radius 2 is 2.15 bits per heavy atom. The van der Waals surface area contributed by atoms with Gasteiger partial charge in [0.05, 0.1) is 13.2 Å². The lowest BCUT2D eigenvalue weighted by Gasteiger charge is -2.18. The van der Waals surface area contributed by atoms with Gasteiger partial charge >= 0.3 is 0 Å². The minimum atomic E-state index is -0.0302.